The molecule has 2 nitrogen and oxygen atoms in total. The third kappa shape index (κ3) is 1.39. The Balaban J connectivity index is 2.56. The molecule has 0 saturated heterocycles. The molecule has 1 N–H and O–H groups in total. The van der Waals surface area contributed by atoms with Crippen molar-refractivity contribution in [3.05, 3.63) is 0 Å². The fraction of sp³-hybridized carbons (Fsp3) is 0.889. The van der Waals surface area contributed by atoms with Crippen LogP contribution in [0.25, 0.3) is 0 Å². The summed E-state index contributed by atoms with van der Waals surface area (Å²) in [5, 5.41) is 8.75. The van der Waals surface area contributed by atoms with Gasteiger partial charge in [-0.05, 0) is 24.2 Å². The van der Waals surface area contributed by atoms with Crippen LogP contribution in [-0.2, 0) is 4.79 Å². The first-order valence-electron chi connectivity index (χ1n) is 4.18. The van der Waals surface area contributed by atoms with E-state index in [-0.39, 0.29) is 11.3 Å². The number of carboxylic acids is 1. The molecule has 0 spiro atoms. The molecular formula is C9H16O2. The Morgan fingerprint density at radius 1 is 1.64 bits per heavy atom. The lowest BCUT2D eigenvalue weighted by molar-refractivity contribution is -0.147. The highest BCUT2D eigenvalue weighted by atomic mass is 16.4. The Labute approximate surface area is 67.6 Å². The second-order valence-electron chi connectivity index (χ2n) is 4.26. The highest BCUT2D eigenvalue weighted by Crippen LogP contribution is 2.49. The maximum atomic E-state index is 10.6. The second kappa shape index (κ2) is 2.50. The van der Waals surface area contributed by atoms with E-state index in [1.54, 1.807) is 0 Å². The van der Waals surface area contributed by atoms with Crippen molar-refractivity contribution >= 4 is 5.97 Å². The van der Waals surface area contributed by atoms with Gasteiger partial charge in [-0.15, -0.1) is 0 Å². The van der Waals surface area contributed by atoms with Gasteiger partial charge in [0.05, 0.1) is 5.92 Å². The van der Waals surface area contributed by atoms with Crippen LogP contribution in [0.3, 0.4) is 0 Å². The molecule has 1 aliphatic rings. The molecule has 2 heteroatoms. The SMILES string of the molecule is CC(C(=O)O)C1CCC1(C)C. The molecule has 1 aliphatic carbocycles. The van der Waals surface area contributed by atoms with Crippen molar-refractivity contribution in [3.63, 3.8) is 0 Å². The summed E-state index contributed by atoms with van der Waals surface area (Å²) in [7, 11) is 0. The van der Waals surface area contributed by atoms with Crippen LogP contribution in [0.15, 0.2) is 0 Å². The quantitative estimate of drug-likeness (QED) is 0.665. The summed E-state index contributed by atoms with van der Waals surface area (Å²) >= 11 is 0. The summed E-state index contributed by atoms with van der Waals surface area (Å²) in [4.78, 5) is 10.6. The molecule has 0 radical (unpaired) electrons. The van der Waals surface area contributed by atoms with Crippen LogP contribution in [0.5, 0.6) is 0 Å². The number of rotatable bonds is 2. The third-order valence-electron chi connectivity index (χ3n) is 3.10. The van der Waals surface area contributed by atoms with Crippen LogP contribution < -0.4 is 0 Å². The van der Waals surface area contributed by atoms with E-state index < -0.39 is 5.97 Å². The number of carboxylic acid groups (broad SMARTS) is 1. The summed E-state index contributed by atoms with van der Waals surface area (Å²) in [6, 6.07) is 0. The van der Waals surface area contributed by atoms with Gasteiger partial charge < -0.3 is 5.11 Å². The maximum absolute atomic E-state index is 10.6. The summed E-state index contributed by atoms with van der Waals surface area (Å²) in [5.74, 6) is -0.429. The van der Waals surface area contributed by atoms with Gasteiger partial charge in [-0.25, -0.2) is 0 Å². The van der Waals surface area contributed by atoms with Crippen molar-refractivity contribution < 1.29 is 9.90 Å². The average Bonchev–Trinajstić information content (AvgIpc) is 1.85. The minimum absolute atomic E-state index is 0.168. The largest absolute Gasteiger partial charge is 0.481 e. The number of carbonyl (C=O) groups is 1. The first-order valence-corrected chi connectivity index (χ1v) is 4.18. The number of hydrogen-bond acceptors (Lipinski definition) is 1. The van der Waals surface area contributed by atoms with Gasteiger partial charge in [0.1, 0.15) is 0 Å². The van der Waals surface area contributed by atoms with Crippen molar-refractivity contribution in [2.45, 2.75) is 33.6 Å². The van der Waals surface area contributed by atoms with Crippen molar-refractivity contribution in [1.29, 1.82) is 0 Å². The zero-order valence-electron chi connectivity index (χ0n) is 7.42. The van der Waals surface area contributed by atoms with E-state index in [9.17, 15) is 4.79 Å². The van der Waals surface area contributed by atoms with E-state index in [1.807, 2.05) is 6.92 Å². The molecule has 0 aromatic carbocycles. The summed E-state index contributed by atoms with van der Waals surface area (Å²) < 4.78 is 0. The zero-order valence-corrected chi connectivity index (χ0v) is 7.42. The van der Waals surface area contributed by atoms with Crippen molar-refractivity contribution in [2.75, 3.05) is 0 Å². The Morgan fingerprint density at radius 3 is 2.27 bits per heavy atom. The predicted molar refractivity (Wildman–Crippen MR) is 43.3 cm³/mol. The van der Waals surface area contributed by atoms with Gasteiger partial charge in [-0.1, -0.05) is 20.8 Å². The zero-order chi connectivity index (χ0) is 8.65. The Morgan fingerprint density at radius 2 is 2.18 bits per heavy atom. The van der Waals surface area contributed by atoms with Gasteiger partial charge in [0.2, 0.25) is 0 Å². The molecule has 1 fully saturated rings. The molecule has 64 valence electrons. The smallest absolute Gasteiger partial charge is 0.306 e. The highest BCUT2D eigenvalue weighted by molar-refractivity contribution is 5.70. The lowest BCUT2D eigenvalue weighted by Gasteiger charge is -2.46. The fourth-order valence-corrected chi connectivity index (χ4v) is 1.99. The molecule has 2 unspecified atom stereocenters. The van der Waals surface area contributed by atoms with Crippen LogP contribution in [-0.4, -0.2) is 11.1 Å². The van der Waals surface area contributed by atoms with E-state index in [0.717, 1.165) is 6.42 Å². The fourth-order valence-electron chi connectivity index (χ4n) is 1.99. The molecule has 0 aromatic rings. The second-order valence-corrected chi connectivity index (χ2v) is 4.26. The van der Waals surface area contributed by atoms with Gasteiger partial charge in [-0.3, -0.25) is 4.79 Å². The lowest BCUT2D eigenvalue weighted by Crippen LogP contribution is -2.41. The summed E-state index contributed by atoms with van der Waals surface area (Å²) in [6.07, 6.45) is 2.26. The molecule has 0 amide bonds. The maximum Gasteiger partial charge on any atom is 0.306 e. The molecular weight excluding hydrogens is 140 g/mol. The topological polar surface area (TPSA) is 37.3 Å². The van der Waals surface area contributed by atoms with Gasteiger partial charge in [0, 0.05) is 0 Å². The molecule has 0 bridgehead atoms. The Kier molecular flexibility index (Phi) is 1.95. The standard InChI is InChI=1S/C9H16O2/c1-6(8(10)11)7-4-5-9(7,2)3/h6-7H,4-5H2,1-3H3,(H,10,11). The lowest BCUT2D eigenvalue weighted by atomic mass is 9.58. The highest BCUT2D eigenvalue weighted by Gasteiger charge is 2.43. The van der Waals surface area contributed by atoms with Gasteiger partial charge in [-0.2, -0.15) is 0 Å². The number of hydrogen-bond donors (Lipinski definition) is 1. The first-order chi connectivity index (χ1) is 4.95. The van der Waals surface area contributed by atoms with Crippen molar-refractivity contribution in [2.24, 2.45) is 17.3 Å². The summed E-state index contributed by atoms with van der Waals surface area (Å²) in [6.45, 7) is 6.12. The van der Waals surface area contributed by atoms with Gasteiger partial charge >= 0.3 is 5.97 Å². The molecule has 0 aliphatic heterocycles. The monoisotopic (exact) mass is 156 g/mol. The predicted octanol–water partition coefficient (Wildman–Crippen LogP) is 2.14. The van der Waals surface area contributed by atoms with Gasteiger partial charge in [0.15, 0.2) is 0 Å². The van der Waals surface area contributed by atoms with Crippen LogP contribution in [0.4, 0.5) is 0 Å². The molecule has 2 atom stereocenters. The summed E-state index contributed by atoms with van der Waals surface area (Å²) in [5.41, 5.74) is 0.262. The third-order valence-corrected chi connectivity index (χ3v) is 3.10. The van der Waals surface area contributed by atoms with Crippen LogP contribution >= 0.6 is 0 Å². The average molecular weight is 156 g/mol. The van der Waals surface area contributed by atoms with Crippen LogP contribution in [0.1, 0.15) is 33.6 Å². The molecule has 1 rings (SSSR count). The normalized spacial score (nSPS) is 30.6. The van der Waals surface area contributed by atoms with E-state index in [2.05, 4.69) is 13.8 Å². The Bertz CT molecular complexity index is 172. The Hall–Kier alpha value is -0.530. The number of aliphatic carboxylic acids is 1. The molecule has 0 heterocycles. The van der Waals surface area contributed by atoms with E-state index in [0.29, 0.717) is 5.92 Å². The van der Waals surface area contributed by atoms with E-state index >= 15 is 0 Å². The minimum Gasteiger partial charge on any atom is -0.481 e. The van der Waals surface area contributed by atoms with Crippen molar-refractivity contribution in [3.8, 4) is 0 Å². The molecule has 0 aromatic heterocycles. The molecule has 11 heavy (non-hydrogen) atoms. The van der Waals surface area contributed by atoms with E-state index in [4.69, 9.17) is 5.11 Å². The van der Waals surface area contributed by atoms with Crippen LogP contribution in [0.2, 0.25) is 0 Å². The van der Waals surface area contributed by atoms with Crippen molar-refractivity contribution in [1.82, 2.24) is 0 Å². The van der Waals surface area contributed by atoms with Crippen LogP contribution in [0, 0.1) is 17.3 Å². The van der Waals surface area contributed by atoms with Gasteiger partial charge in [0.25, 0.3) is 0 Å². The first kappa shape index (κ1) is 8.57. The van der Waals surface area contributed by atoms with E-state index in [1.165, 1.54) is 6.42 Å². The molecule has 1 saturated carbocycles. The minimum atomic E-state index is -0.650.